The summed E-state index contributed by atoms with van der Waals surface area (Å²) in [4.78, 5) is 4.14. The molecule has 0 saturated heterocycles. The van der Waals surface area contributed by atoms with Crippen LogP contribution in [0, 0.1) is 0 Å². The first-order valence-electron chi connectivity index (χ1n) is 4.32. The molecule has 0 fully saturated rings. The lowest BCUT2D eigenvalue weighted by Gasteiger charge is -1.93. The van der Waals surface area contributed by atoms with Gasteiger partial charge < -0.3 is 10.3 Å². The fourth-order valence-electron chi connectivity index (χ4n) is 0.889. The van der Waals surface area contributed by atoms with Crippen LogP contribution in [0.3, 0.4) is 0 Å². The summed E-state index contributed by atoms with van der Waals surface area (Å²) in [5.74, 6) is 1.30. The van der Waals surface area contributed by atoms with Gasteiger partial charge in [-0.05, 0) is 13.3 Å². The van der Waals surface area contributed by atoms with E-state index in [1.54, 1.807) is 0 Å². The molecule has 1 atom stereocenters. The highest BCUT2D eigenvalue weighted by atomic mass is 16.5. The van der Waals surface area contributed by atoms with Crippen molar-refractivity contribution < 1.29 is 4.52 Å². The van der Waals surface area contributed by atoms with Crippen LogP contribution < -0.4 is 5.73 Å². The van der Waals surface area contributed by atoms with Gasteiger partial charge in [-0.15, -0.1) is 0 Å². The molecule has 0 aromatic carbocycles. The van der Waals surface area contributed by atoms with Crippen LogP contribution in [0.2, 0.25) is 0 Å². The van der Waals surface area contributed by atoms with Gasteiger partial charge in [0.05, 0.1) is 6.04 Å². The van der Waals surface area contributed by atoms with Crippen LogP contribution >= 0.6 is 0 Å². The molecule has 0 aliphatic carbocycles. The standard InChI is InChI=1S/C8H15N3O/c1-3-4-5-7-10-8(6(2)9)12-11-7/h6H,3-5,9H2,1-2H3/t6-/m1/s1. The number of rotatable bonds is 4. The van der Waals surface area contributed by atoms with E-state index >= 15 is 0 Å². The number of nitrogens with zero attached hydrogens (tertiary/aromatic N) is 2. The molecule has 12 heavy (non-hydrogen) atoms. The second kappa shape index (κ2) is 4.21. The summed E-state index contributed by atoms with van der Waals surface area (Å²) in [5, 5.41) is 3.81. The predicted octanol–water partition coefficient (Wildman–Crippen LogP) is 1.43. The van der Waals surface area contributed by atoms with Gasteiger partial charge in [0.2, 0.25) is 5.89 Å². The summed E-state index contributed by atoms with van der Waals surface area (Å²) in [6, 6.07) is -0.159. The van der Waals surface area contributed by atoms with Gasteiger partial charge in [0.1, 0.15) is 0 Å². The molecule has 0 radical (unpaired) electrons. The van der Waals surface area contributed by atoms with E-state index in [4.69, 9.17) is 10.3 Å². The first kappa shape index (κ1) is 9.19. The van der Waals surface area contributed by atoms with E-state index in [9.17, 15) is 0 Å². The van der Waals surface area contributed by atoms with Crippen LogP contribution in [0.25, 0.3) is 0 Å². The van der Waals surface area contributed by atoms with E-state index < -0.39 is 0 Å². The molecule has 4 nitrogen and oxygen atoms in total. The molecule has 0 amide bonds. The zero-order chi connectivity index (χ0) is 8.97. The van der Waals surface area contributed by atoms with Gasteiger partial charge in [-0.2, -0.15) is 4.98 Å². The summed E-state index contributed by atoms with van der Waals surface area (Å²) in [6.45, 7) is 3.96. The number of aryl methyl sites for hydroxylation is 1. The molecule has 4 heteroatoms. The lowest BCUT2D eigenvalue weighted by Crippen LogP contribution is -2.05. The maximum Gasteiger partial charge on any atom is 0.243 e. The van der Waals surface area contributed by atoms with Crippen LogP contribution in [0.5, 0.6) is 0 Å². The van der Waals surface area contributed by atoms with Crippen molar-refractivity contribution in [3.63, 3.8) is 0 Å². The molecule has 1 aromatic rings. The van der Waals surface area contributed by atoms with Crippen molar-refractivity contribution in [2.45, 2.75) is 39.2 Å². The van der Waals surface area contributed by atoms with Crippen molar-refractivity contribution in [3.05, 3.63) is 11.7 Å². The Labute approximate surface area is 72.1 Å². The SMILES string of the molecule is CCCCc1noc([C@@H](C)N)n1. The topological polar surface area (TPSA) is 64.9 Å². The Morgan fingerprint density at radius 1 is 1.58 bits per heavy atom. The largest absolute Gasteiger partial charge is 0.338 e. The minimum Gasteiger partial charge on any atom is -0.338 e. The van der Waals surface area contributed by atoms with E-state index in [1.807, 2.05) is 6.92 Å². The van der Waals surface area contributed by atoms with Crippen molar-refractivity contribution in [3.8, 4) is 0 Å². The molecule has 0 spiro atoms. The smallest absolute Gasteiger partial charge is 0.243 e. The van der Waals surface area contributed by atoms with E-state index in [-0.39, 0.29) is 6.04 Å². The van der Waals surface area contributed by atoms with Gasteiger partial charge in [0.25, 0.3) is 0 Å². The molecule has 0 aliphatic rings. The molecule has 1 heterocycles. The second-order valence-electron chi connectivity index (χ2n) is 2.94. The van der Waals surface area contributed by atoms with Crippen LogP contribution in [-0.4, -0.2) is 10.1 Å². The summed E-state index contributed by atoms with van der Waals surface area (Å²) in [5.41, 5.74) is 5.56. The van der Waals surface area contributed by atoms with Crippen LogP contribution in [0.4, 0.5) is 0 Å². The van der Waals surface area contributed by atoms with Crippen molar-refractivity contribution >= 4 is 0 Å². The molecule has 68 valence electrons. The highest BCUT2D eigenvalue weighted by Gasteiger charge is 2.08. The van der Waals surface area contributed by atoms with E-state index in [0.717, 1.165) is 25.1 Å². The van der Waals surface area contributed by atoms with Gasteiger partial charge >= 0.3 is 0 Å². The summed E-state index contributed by atoms with van der Waals surface area (Å²) < 4.78 is 4.94. The predicted molar refractivity (Wildman–Crippen MR) is 45.5 cm³/mol. The highest BCUT2D eigenvalue weighted by Crippen LogP contribution is 2.07. The monoisotopic (exact) mass is 169 g/mol. The van der Waals surface area contributed by atoms with E-state index in [1.165, 1.54) is 0 Å². The van der Waals surface area contributed by atoms with Crippen LogP contribution in [0.1, 0.15) is 44.4 Å². The molecular weight excluding hydrogens is 154 g/mol. The first-order chi connectivity index (χ1) is 5.74. The highest BCUT2D eigenvalue weighted by molar-refractivity contribution is 4.89. The van der Waals surface area contributed by atoms with Gasteiger partial charge in [-0.1, -0.05) is 18.5 Å². The zero-order valence-electron chi connectivity index (χ0n) is 7.58. The first-order valence-corrected chi connectivity index (χ1v) is 4.32. The number of unbranched alkanes of at least 4 members (excludes halogenated alkanes) is 1. The third-order valence-electron chi connectivity index (χ3n) is 1.63. The van der Waals surface area contributed by atoms with Crippen molar-refractivity contribution in [1.82, 2.24) is 10.1 Å². The van der Waals surface area contributed by atoms with E-state index in [0.29, 0.717) is 5.89 Å². The molecule has 0 bridgehead atoms. The Morgan fingerprint density at radius 2 is 2.33 bits per heavy atom. The maximum absolute atomic E-state index is 5.56. The molecule has 0 unspecified atom stereocenters. The molecule has 0 saturated carbocycles. The van der Waals surface area contributed by atoms with Crippen molar-refractivity contribution in [2.24, 2.45) is 5.73 Å². The number of nitrogens with two attached hydrogens (primary N) is 1. The minimum atomic E-state index is -0.159. The Morgan fingerprint density at radius 3 is 2.83 bits per heavy atom. The molecular formula is C8H15N3O. The van der Waals surface area contributed by atoms with Gasteiger partial charge in [0.15, 0.2) is 5.82 Å². The quantitative estimate of drug-likeness (QED) is 0.740. The Hall–Kier alpha value is -0.900. The average Bonchev–Trinajstić information content (AvgIpc) is 2.48. The number of aromatic nitrogens is 2. The van der Waals surface area contributed by atoms with E-state index in [2.05, 4.69) is 17.1 Å². The minimum absolute atomic E-state index is 0.159. The lowest BCUT2D eigenvalue weighted by atomic mass is 10.2. The van der Waals surface area contributed by atoms with Crippen LogP contribution in [0.15, 0.2) is 4.52 Å². The zero-order valence-corrected chi connectivity index (χ0v) is 7.58. The van der Waals surface area contributed by atoms with Crippen molar-refractivity contribution in [2.75, 3.05) is 0 Å². The maximum atomic E-state index is 5.56. The molecule has 1 aromatic heterocycles. The average molecular weight is 169 g/mol. The third kappa shape index (κ3) is 2.30. The molecule has 0 aliphatic heterocycles. The van der Waals surface area contributed by atoms with Gasteiger partial charge in [-0.25, -0.2) is 0 Å². The van der Waals surface area contributed by atoms with Gasteiger partial charge in [-0.3, -0.25) is 0 Å². The summed E-state index contributed by atoms with van der Waals surface area (Å²) in [7, 11) is 0. The fraction of sp³-hybridized carbons (Fsp3) is 0.750. The number of hydrogen-bond acceptors (Lipinski definition) is 4. The number of hydrogen-bond donors (Lipinski definition) is 1. The van der Waals surface area contributed by atoms with Crippen LogP contribution in [-0.2, 0) is 6.42 Å². The normalized spacial score (nSPS) is 13.2. The molecule has 2 N–H and O–H groups in total. The summed E-state index contributed by atoms with van der Waals surface area (Å²) >= 11 is 0. The lowest BCUT2D eigenvalue weighted by molar-refractivity contribution is 0.357. The second-order valence-corrected chi connectivity index (χ2v) is 2.94. The third-order valence-corrected chi connectivity index (χ3v) is 1.63. The Bertz CT molecular complexity index is 232. The Kier molecular flexibility index (Phi) is 3.22. The Balaban J connectivity index is 2.52. The summed E-state index contributed by atoms with van der Waals surface area (Å²) in [6.07, 6.45) is 3.12. The van der Waals surface area contributed by atoms with Gasteiger partial charge in [0, 0.05) is 6.42 Å². The molecule has 1 rings (SSSR count). The van der Waals surface area contributed by atoms with Crippen molar-refractivity contribution in [1.29, 1.82) is 0 Å². The fourth-order valence-corrected chi connectivity index (χ4v) is 0.889.